The maximum atomic E-state index is 2.42. The zero-order valence-corrected chi connectivity index (χ0v) is 73.7. The van der Waals surface area contributed by atoms with E-state index in [-0.39, 0.29) is 5.41 Å². The number of fused-ring (bicyclic) bond motifs is 6. The van der Waals surface area contributed by atoms with Gasteiger partial charge < -0.3 is 14.7 Å². The van der Waals surface area contributed by atoms with Crippen LogP contribution in [-0.2, 0) is 5.41 Å². The van der Waals surface area contributed by atoms with Crippen LogP contribution in [0.15, 0.2) is 540 Å². The normalized spacial score (nSPS) is 11.6. The van der Waals surface area contributed by atoms with Gasteiger partial charge in [-0.3, -0.25) is 0 Å². The summed E-state index contributed by atoms with van der Waals surface area (Å²) in [6.45, 7) is 4.70. The molecule has 0 N–H and O–H groups in total. The van der Waals surface area contributed by atoms with Crippen LogP contribution in [0.25, 0.3) is 144 Å². The van der Waals surface area contributed by atoms with Crippen LogP contribution in [0.1, 0.15) is 25.0 Å². The van der Waals surface area contributed by atoms with E-state index in [1.165, 1.54) is 155 Å². The smallest absolute Gasteiger partial charge is 0.0468 e. The Hall–Kier alpha value is -17.0. The molecule has 0 atom stereocenters. The molecule has 22 aromatic rings. The summed E-state index contributed by atoms with van der Waals surface area (Å²) in [5.74, 6) is 0. The van der Waals surface area contributed by atoms with Gasteiger partial charge in [0.25, 0.3) is 0 Å². The van der Waals surface area contributed by atoms with Gasteiger partial charge in [-0.1, -0.05) is 426 Å². The first kappa shape index (κ1) is 82.0. The second-order valence-corrected chi connectivity index (χ2v) is 34.2. The van der Waals surface area contributed by atoms with Crippen LogP contribution >= 0.6 is 0 Å². The van der Waals surface area contributed by atoms with Crippen LogP contribution in [-0.4, -0.2) is 0 Å². The Morgan fingerprint density at radius 2 is 0.394 bits per heavy atom. The third-order valence-electron chi connectivity index (χ3n) is 25.8. The van der Waals surface area contributed by atoms with Crippen LogP contribution in [0.2, 0.25) is 0 Å². The van der Waals surface area contributed by atoms with Gasteiger partial charge in [0.1, 0.15) is 0 Å². The van der Waals surface area contributed by atoms with Crippen molar-refractivity contribution in [2.45, 2.75) is 19.3 Å². The molecule has 0 saturated heterocycles. The van der Waals surface area contributed by atoms with E-state index in [4.69, 9.17) is 0 Å². The van der Waals surface area contributed by atoms with Crippen LogP contribution in [0.4, 0.5) is 51.2 Å². The largest absolute Gasteiger partial charge is 0.310 e. The van der Waals surface area contributed by atoms with E-state index in [9.17, 15) is 0 Å². The summed E-state index contributed by atoms with van der Waals surface area (Å²) < 4.78 is 0. The summed E-state index contributed by atoms with van der Waals surface area (Å²) in [6.07, 6.45) is 0. The first-order valence-electron chi connectivity index (χ1n) is 45.5. The second-order valence-electron chi connectivity index (χ2n) is 34.2. The molecule has 0 unspecified atom stereocenters. The van der Waals surface area contributed by atoms with Crippen molar-refractivity contribution in [3.8, 4) is 111 Å². The van der Waals surface area contributed by atoms with Gasteiger partial charge in [0.05, 0.1) is 0 Å². The first-order valence-corrected chi connectivity index (χ1v) is 45.5. The lowest BCUT2D eigenvalue weighted by molar-refractivity contribution is 0.660. The Morgan fingerprint density at radius 1 is 0.136 bits per heavy atom. The van der Waals surface area contributed by atoms with Gasteiger partial charge in [-0.2, -0.15) is 0 Å². The molecule has 1 aliphatic rings. The molecule has 0 aromatic heterocycles. The van der Waals surface area contributed by atoms with E-state index in [0.29, 0.717) is 0 Å². The molecule has 0 heterocycles. The molecule has 23 rings (SSSR count). The Bertz CT molecular complexity index is 7710. The molecule has 3 nitrogen and oxygen atoms in total. The molecular weight excluding hydrogens is 1590 g/mol. The molecule has 0 bridgehead atoms. The molecule has 0 radical (unpaired) electrons. The maximum absolute atomic E-state index is 2.42. The molecule has 0 fully saturated rings. The molecule has 132 heavy (non-hydrogen) atoms. The average molecular weight is 1690 g/mol. The third kappa shape index (κ3) is 16.9. The van der Waals surface area contributed by atoms with Crippen molar-refractivity contribution in [2.24, 2.45) is 0 Å². The number of hydrogen-bond donors (Lipinski definition) is 0. The van der Waals surface area contributed by atoms with E-state index < -0.39 is 0 Å². The fraction of sp³-hybridized carbons (Fsp3) is 0.0233. The summed E-state index contributed by atoms with van der Waals surface area (Å²) in [7, 11) is 0. The predicted molar refractivity (Wildman–Crippen MR) is 562 cm³/mol. The second kappa shape index (κ2) is 37.1. The number of benzene rings is 22. The summed E-state index contributed by atoms with van der Waals surface area (Å²) in [5, 5.41) is 7.52. The third-order valence-corrected chi connectivity index (χ3v) is 25.8. The standard InChI is InChI=1S/C45H35N.C44H31N.C40H29N/c1-45(2)43-21-13-12-20-40(43)41-28-24-35(30-44(41)45)39-29-27-38(31-42(39)34-16-8-4-9-17-34)46(36-18-10-5-11-19-36)37-25-22-33(23-26-37)32-14-6-3-7-15-32;1-4-14-32(15-5-1)33-24-26-38(27-25-33)45(37-20-8-3-9-21-37)39-28-29-42(43(31-39)34-16-6-2-7-17-34)44-40-22-12-10-18-35(40)30-36-19-11-13-23-41(36)44;1-4-12-30(13-5-1)32-22-24-37(25-23-32)41(36-18-8-3-9-19-36)38-26-27-39(40(29-38)33-15-6-2-7-16-33)35-21-20-31-14-10-11-17-34(31)28-35/h3-31H,1-2H3;1-31H;1-29H. The zero-order valence-electron chi connectivity index (χ0n) is 73.7. The minimum atomic E-state index is -0.0508. The van der Waals surface area contributed by atoms with Crippen molar-refractivity contribution >= 4 is 83.5 Å². The highest BCUT2D eigenvalue weighted by molar-refractivity contribution is 6.15. The molecule has 1 aliphatic carbocycles. The Kier molecular flexibility index (Phi) is 23.1. The van der Waals surface area contributed by atoms with Gasteiger partial charge in [-0.25, -0.2) is 0 Å². The van der Waals surface area contributed by atoms with Crippen molar-refractivity contribution in [3.05, 3.63) is 551 Å². The molecule has 0 saturated carbocycles. The van der Waals surface area contributed by atoms with Crippen molar-refractivity contribution in [3.63, 3.8) is 0 Å². The van der Waals surface area contributed by atoms with Gasteiger partial charge >= 0.3 is 0 Å². The van der Waals surface area contributed by atoms with Gasteiger partial charge in [0.2, 0.25) is 0 Å². The average Bonchev–Trinajstić information content (AvgIpc) is 1.54. The fourth-order valence-corrected chi connectivity index (χ4v) is 19.2. The van der Waals surface area contributed by atoms with Crippen molar-refractivity contribution in [1.82, 2.24) is 0 Å². The van der Waals surface area contributed by atoms with E-state index in [1.54, 1.807) is 0 Å². The molecular formula is C129H95N3. The highest BCUT2D eigenvalue weighted by Gasteiger charge is 2.36. The molecule has 0 spiro atoms. The zero-order chi connectivity index (χ0) is 88.5. The van der Waals surface area contributed by atoms with E-state index in [2.05, 4.69) is 568 Å². The van der Waals surface area contributed by atoms with Crippen LogP contribution in [0.3, 0.4) is 0 Å². The molecule has 626 valence electrons. The number of para-hydroxylation sites is 3. The quantitative estimate of drug-likeness (QED) is 0.0793. The number of hydrogen-bond acceptors (Lipinski definition) is 3. The summed E-state index contributed by atoms with van der Waals surface area (Å²) in [6, 6.07) is 194. The Morgan fingerprint density at radius 3 is 0.788 bits per heavy atom. The minimum Gasteiger partial charge on any atom is -0.310 e. The van der Waals surface area contributed by atoms with Gasteiger partial charge in [0, 0.05) is 56.6 Å². The maximum Gasteiger partial charge on any atom is 0.0468 e. The van der Waals surface area contributed by atoms with Gasteiger partial charge in [-0.05, 0) is 282 Å². The first-order chi connectivity index (χ1) is 65.2. The van der Waals surface area contributed by atoms with Crippen LogP contribution in [0.5, 0.6) is 0 Å². The van der Waals surface area contributed by atoms with Crippen LogP contribution < -0.4 is 14.7 Å². The molecule has 22 aromatic carbocycles. The number of rotatable bonds is 18. The highest BCUT2D eigenvalue weighted by Crippen LogP contribution is 2.53. The summed E-state index contributed by atoms with van der Waals surface area (Å²) >= 11 is 0. The van der Waals surface area contributed by atoms with Gasteiger partial charge in [-0.15, -0.1) is 0 Å². The van der Waals surface area contributed by atoms with Crippen molar-refractivity contribution in [1.29, 1.82) is 0 Å². The van der Waals surface area contributed by atoms with Crippen molar-refractivity contribution < 1.29 is 0 Å². The van der Waals surface area contributed by atoms with Crippen molar-refractivity contribution in [2.75, 3.05) is 14.7 Å². The van der Waals surface area contributed by atoms with E-state index in [0.717, 1.165) is 51.2 Å². The highest BCUT2D eigenvalue weighted by atomic mass is 15.2. The van der Waals surface area contributed by atoms with E-state index in [1.807, 2.05) is 0 Å². The molecule has 0 aliphatic heterocycles. The lowest BCUT2D eigenvalue weighted by Crippen LogP contribution is -2.14. The Balaban J connectivity index is 0.000000120. The predicted octanol–water partition coefficient (Wildman–Crippen LogP) is 36.2. The van der Waals surface area contributed by atoms with E-state index >= 15 is 0 Å². The van der Waals surface area contributed by atoms with Gasteiger partial charge in [0.15, 0.2) is 0 Å². The number of nitrogens with zero attached hydrogens (tertiary/aromatic N) is 3. The topological polar surface area (TPSA) is 9.72 Å². The minimum absolute atomic E-state index is 0.0508. The Labute approximate surface area is 774 Å². The molecule has 3 heteroatoms. The summed E-state index contributed by atoms with van der Waals surface area (Å²) in [5.41, 5.74) is 37.4. The fourth-order valence-electron chi connectivity index (χ4n) is 19.2. The summed E-state index contributed by atoms with van der Waals surface area (Å²) in [4.78, 5) is 7.05. The molecule has 0 amide bonds. The van der Waals surface area contributed by atoms with Crippen LogP contribution in [0, 0.1) is 0 Å². The lowest BCUT2D eigenvalue weighted by atomic mass is 9.81. The monoisotopic (exact) mass is 1690 g/mol. The number of anilines is 9. The SMILES string of the molecule is CC1(C)c2ccccc2-c2ccc(-c3ccc(N(c4ccccc4)c4ccc(-c5ccccc5)cc4)cc3-c3ccccc3)cc21.c1ccc(-c2ccc(N(c3ccccc3)c3ccc(-c4c5ccccc5cc5ccccc45)c(-c4ccccc4)c3)cc2)cc1.c1ccc(-c2ccc(N(c3ccccc3)c3ccc(-c4ccc5ccccc5c4)c(-c4ccccc4)c3)cc2)cc1. The lowest BCUT2D eigenvalue weighted by Gasteiger charge is -2.27.